The van der Waals surface area contributed by atoms with Gasteiger partial charge in [-0.2, -0.15) is 0 Å². The smallest absolute Gasteiger partial charge is 0.233 e. The first kappa shape index (κ1) is 13.7. The Hall–Kier alpha value is -0.710. The number of ether oxygens (including phenoxy) is 1. The summed E-state index contributed by atoms with van der Waals surface area (Å²) < 4.78 is 5.03. The molecule has 98 valence electrons. The molecule has 1 fully saturated rings. The van der Waals surface area contributed by atoms with Crippen LogP contribution < -0.4 is 0 Å². The van der Waals surface area contributed by atoms with E-state index in [1.54, 1.807) is 18.9 Å². The third kappa shape index (κ3) is 3.19. The molecule has 1 saturated heterocycles. The van der Waals surface area contributed by atoms with Crippen LogP contribution in [-0.2, 0) is 9.53 Å². The van der Waals surface area contributed by atoms with Gasteiger partial charge < -0.3 is 9.64 Å². The van der Waals surface area contributed by atoms with Crippen molar-refractivity contribution in [1.29, 1.82) is 0 Å². The van der Waals surface area contributed by atoms with E-state index in [2.05, 4.69) is 0 Å². The van der Waals surface area contributed by atoms with Gasteiger partial charge in [-0.05, 0) is 24.1 Å². The molecule has 1 aliphatic heterocycles. The van der Waals surface area contributed by atoms with E-state index in [0.717, 1.165) is 18.5 Å². The average Bonchev–Trinajstić information content (AvgIpc) is 2.72. The van der Waals surface area contributed by atoms with Crippen molar-refractivity contribution in [3.8, 4) is 0 Å². The first-order valence-electron chi connectivity index (χ1n) is 5.88. The largest absolute Gasteiger partial charge is 0.385 e. The zero-order chi connectivity index (χ0) is 13.0. The van der Waals surface area contributed by atoms with Crippen LogP contribution >= 0.6 is 23.4 Å². The van der Waals surface area contributed by atoms with Crippen molar-refractivity contribution < 1.29 is 9.53 Å². The van der Waals surface area contributed by atoms with E-state index >= 15 is 0 Å². The van der Waals surface area contributed by atoms with E-state index in [-0.39, 0.29) is 11.3 Å². The predicted octanol–water partition coefficient (Wildman–Crippen LogP) is 2.95. The second kappa shape index (κ2) is 6.45. The highest BCUT2D eigenvalue weighted by Gasteiger charge is 2.32. The Labute approximate surface area is 116 Å². The molecule has 1 aromatic carbocycles. The number of benzene rings is 1. The number of carbonyl (C=O) groups is 1. The van der Waals surface area contributed by atoms with Gasteiger partial charge in [0.2, 0.25) is 5.91 Å². The Morgan fingerprint density at radius 2 is 2.39 bits per heavy atom. The third-order valence-electron chi connectivity index (χ3n) is 2.85. The summed E-state index contributed by atoms with van der Waals surface area (Å²) in [5.41, 5.74) is 1.09. The Morgan fingerprint density at radius 1 is 1.56 bits per heavy atom. The molecule has 1 aliphatic rings. The van der Waals surface area contributed by atoms with E-state index in [1.807, 2.05) is 29.2 Å². The van der Waals surface area contributed by atoms with Crippen LogP contribution in [0.5, 0.6) is 0 Å². The standard InChI is InChI=1S/C13H16ClNO2S/c1-17-7-3-6-15-12(16)9-18-13(15)10-4-2-5-11(14)8-10/h2,4-5,8,13H,3,6-7,9H2,1H3. The van der Waals surface area contributed by atoms with E-state index in [0.29, 0.717) is 17.4 Å². The fraction of sp³-hybridized carbons (Fsp3) is 0.462. The number of methoxy groups -OCH3 is 1. The van der Waals surface area contributed by atoms with Crippen molar-refractivity contribution in [3.05, 3.63) is 34.9 Å². The molecule has 0 aliphatic carbocycles. The quantitative estimate of drug-likeness (QED) is 0.779. The minimum Gasteiger partial charge on any atom is -0.385 e. The van der Waals surface area contributed by atoms with E-state index in [1.165, 1.54) is 0 Å². The highest BCUT2D eigenvalue weighted by molar-refractivity contribution is 8.00. The van der Waals surface area contributed by atoms with Gasteiger partial charge in [0.15, 0.2) is 0 Å². The molecule has 1 aromatic rings. The zero-order valence-electron chi connectivity index (χ0n) is 10.3. The minimum atomic E-state index is 0.0908. The van der Waals surface area contributed by atoms with Gasteiger partial charge in [-0.25, -0.2) is 0 Å². The molecule has 18 heavy (non-hydrogen) atoms. The summed E-state index contributed by atoms with van der Waals surface area (Å²) in [4.78, 5) is 13.8. The number of rotatable bonds is 5. The van der Waals surface area contributed by atoms with E-state index in [9.17, 15) is 4.79 Å². The summed E-state index contributed by atoms with van der Waals surface area (Å²) >= 11 is 7.66. The second-order valence-electron chi connectivity index (χ2n) is 4.15. The Bertz CT molecular complexity index is 427. The molecule has 2 rings (SSSR count). The topological polar surface area (TPSA) is 29.5 Å². The van der Waals surface area contributed by atoms with Gasteiger partial charge in [0.25, 0.3) is 0 Å². The van der Waals surface area contributed by atoms with E-state index in [4.69, 9.17) is 16.3 Å². The Balaban J connectivity index is 2.08. The van der Waals surface area contributed by atoms with Crippen molar-refractivity contribution in [2.75, 3.05) is 26.0 Å². The van der Waals surface area contributed by atoms with Crippen molar-refractivity contribution in [1.82, 2.24) is 4.90 Å². The summed E-state index contributed by atoms with van der Waals surface area (Å²) in [5, 5.41) is 0.803. The van der Waals surface area contributed by atoms with Crippen LogP contribution in [0, 0.1) is 0 Å². The molecule has 0 radical (unpaired) electrons. The number of carbonyl (C=O) groups excluding carboxylic acids is 1. The molecule has 3 nitrogen and oxygen atoms in total. The molecule has 1 unspecified atom stereocenters. The highest BCUT2D eigenvalue weighted by Crippen LogP contribution is 2.39. The van der Waals surface area contributed by atoms with Gasteiger partial charge in [-0.15, -0.1) is 11.8 Å². The maximum Gasteiger partial charge on any atom is 0.233 e. The molecule has 0 N–H and O–H groups in total. The monoisotopic (exact) mass is 285 g/mol. The van der Waals surface area contributed by atoms with Crippen LogP contribution in [0.2, 0.25) is 5.02 Å². The van der Waals surface area contributed by atoms with Crippen molar-refractivity contribution in [2.45, 2.75) is 11.8 Å². The summed E-state index contributed by atoms with van der Waals surface area (Å²) in [6.07, 6.45) is 0.861. The SMILES string of the molecule is COCCCN1C(=O)CSC1c1cccc(Cl)c1. The minimum absolute atomic E-state index is 0.0908. The predicted molar refractivity (Wildman–Crippen MR) is 74.9 cm³/mol. The van der Waals surface area contributed by atoms with Gasteiger partial charge in [0.1, 0.15) is 5.37 Å². The first-order valence-corrected chi connectivity index (χ1v) is 7.30. The van der Waals surface area contributed by atoms with Crippen molar-refractivity contribution >= 4 is 29.3 Å². The maximum atomic E-state index is 11.9. The Kier molecular flexibility index (Phi) is 4.92. The van der Waals surface area contributed by atoms with Crippen molar-refractivity contribution in [2.24, 2.45) is 0 Å². The van der Waals surface area contributed by atoms with Crippen LogP contribution in [0.1, 0.15) is 17.4 Å². The molecule has 1 amide bonds. The molecular weight excluding hydrogens is 270 g/mol. The Morgan fingerprint density at radius 3 is 3.11 bits per heavy atom. The fourth-order valence-corrected chi connectivity index (χ4v) is 3.42. The second-order valence-corrected chi connectivity index (χ2v) is 5.66. The van der Waals surface area contributed by atoms with Gasteiger partial charge in [-0.1, -0.05) is 23.7 Å². The lowest BCUT2D eigenvalue weighted by molar-refractivity contribution is -0.128. The fourth-order valence-electron chi connectivity index (χ4n) is 2.01. The van der Waals surface area contributed by atoms with Gasteiger partial charge >= 0.3 is 0 Å². The highest BCUT2D eigenvalue weighted by atomic mass is 35.5. The number of thioether (sulfide) groups is 1. The van der Waals surface area contributed by atoms with Crippen LogP contribution in [-0.4, -0.2) is 36.8 Å². The molecule has 0 saturated carbocycles. The van der Waals surface area contributed by atoms with E-state index < -0.39 is 0 Å². The maximum absolute atomic E-state index is 11.9. The molecule has 1 atom stereocenters. The number of amides is 1. The summed E-state index contributed by atoms with van der Waals surface area (Å²) in [5.74, 6) is 0.741. The molecule has 5 heteroatoms. The molecule has 0 spiro atoms. The van der Waals surface area contributed by atoms with Crippen LogP contribution in [0.4, 0.5) is 0 Å². The normalized spacial score (nSPS) is 19.6. The number of hydrogen-bond acceptors (Lipinski definition) is 3. The summed E-state index contributed by atoms with van der Waals surface area (Å²) in [7, 11) is 1.68. The van der Waals surface area contributed by atoms with Gasteiger partial charge in [0, 0.05) is 25.3 Å². The van der Waals surface area contributed by atoms with Crippen molar-refractivity contribution in [3.63, 3.8) is 0 Å². The number of nitrogens with zero attached hydrogens (tertiary/aromatic N) is 1. The number of halogens is 1. The molecule has 1 heterocycles. The molecule has 0 aromatic heterocycles. The van der Waals surface area contributed by atoms with Gasteiger partial charge in [0.05, 0.1) is 5.75 Å². The van der Waals surface area contributed by atoms with Crippen LogP contribution in [0.25, 0.3) is 0 Å². The lowest BCUT2D eigenvalue weighted by atomic mass is 10.2. The summed E-state index contributed by atoms with van der Waals surface area (Å²) in [6.45, 7) is 1.41. The summed E-state index contributed by atoms with van der Waals surface area (Å²) in [6, 6.07) is 7.72. The number of hydrogen-bond donors (Lipinski definition) is 0. The van der Waals surface area contributed by atoms with Gasteiger partial charge in [-0.3, -0.25) is 4.79 Å². The molecular formula is C13H16ClNO2S. The lowest BCUT2D eigenvalue weighted by Gasteiger charge is -2.24. The zero-order valence-corrected chi connectivity index (χ0v) is 11.8. The third-order valence-corrected chi connectivity index (χ3v) is 4.34. The first-order chi connectivity index (χ1) is 8.72. The lowest BCUT2D eigenvalue weighted by Crippen LogP contribution is -2.29. The van der Waals surface area contributed by atoms with Crippen LogP contribution in [0.15, 0.2) is 24.3 Å². The van der Waals surface area contributed by atoms with Crippen LogP contribution in [0.3, 0.4) is 0 Å². The average molecular weight is 286 g/mol. The molecule has 0 bridgehead atoms.